The highest BCUT2D eigenvalue weighted by atomic mass is 35.5. The Kier molecular flexibility index (Phi) is 2.92. The van der Waals surface area contributed by atoms with Crippen molar-refractivity contribution < 1.29 is 17.9 Å². The molecule has 0 saturated heterocycles. The van der Waals surface area contributed by atoms with Crippen molar-refractivity contribution in [3.05, 3.63) is 28.8 Å². The summed E-state index contributed by atoms with van der Waals surface area (Å²) in [4.78, 5) is 0. The first-order valence-electron chi connectivity index (χ1n) is 3.44. The molecule has 0 atom stereocenters. The quantitative estimate of drug-likeness (QED) is 0.661. The first-order chi connectivity index (χ1) is 6.42. The minimum absolute atomic E-state index is 0.161. The summed E-state index contributed by atoms with van der Waals surface area (Å²) in [5, 5.41) is 0.210. The van der Waals surface area contributed by atoms with E-state index in [4.69, 9.17) is 18.0 Å². The van der Waals surface area contributed by atoms with Gasteiger partial charge >= 0.3 is 6.36 Å². The van der Waals surface area contributed by atoms with E-state index in [1.807, 2.05) is 0 Å². The van der Waals surface area contributed by atoms with Crippen molar-refractivity contribution in [1.29, 1.82) is 0 Å². The van der Waals surface area contributed by atoms with Gasteiger partial charge in [-0.2, -0.15) is 0 Å². The van der Waals surface area contributed by atoms with Crippen LogP contribution in [-0.4, -0.2) is 6.36 Å². The SMILES string of the molecule is C#Cc1cc(OC(F)(F)F)ccc1Cl. The van der Waals surface area contributed by atoms with Gasteiger partial charge in [0.2, 0.25) is 0 Å². The van der Waals surface area contributed by atoms with Gasteiger partial charge in [-0.3, -0.25) is 0 Å². The lowest BCUT2D eigenvalue weighted by Crippen LogP contribution is -2.17. The summed E-state index contributed by atoms with van der Waals surface area (Å²) in [6, 6.07) is 3.39. The summed E-state index contributed by atoms with van der Waals surface area (Å²) in [6.45, 7) is 0. The molecule has 0 bridgehead atoms. The second-order valence-electron chi connectivity index (χ2n) is 2.33. The average Bonchev–Trinajstić information content (AvgIpc) is 2.06. The number of terminal acetylenes is 1. The second-order valence-corrected chi connectivity index (χ2v) is 2.74. The molecule has 0 aromatic heterocycles. The molecule has 0 unspecified atom stereocenters. The van der Waals surface area contributed by atoms with Crippen LogP contribution in [0, 0.1) is 12.3 Å². The van der Waals surface area contributed by atoms with Crippen LogP contribution in [0.25, 0.3) is 0 Å². The van der Waals surface area contributed by atoms with Crippen LogP contribution in [0.1, 0.15) is 5.56 Å². The maximum absolute atomic E-state index is 11.8. The van der Waals surface area contributed by atoms with Crippen LogP contribution < -0.4 is 4.74 Å². The number of ether oxygens (including phenoxy) is 1. The van der Waals surface area contributed by atoms with Crippen molar-refractivity contribution in [3.8, 4) is 18.1 Å². The fourth-order valence-electron chi connectivity index (χ4n) is 0.812. The predicted molar refractivity (Wildman–Crippen MR) is 46.1 cm³/mol. The summed E-state index contributed by atoms with van der Waals surface area (Å²) in [6.07, 6.45) is 0.290. The second kappa shape index (κ2) is 3.81. The highest BCUT2D eigenvalue weighted by Gasteiger charge is 2.31. The van der Waals surface area contributed by atoms with Crippen LogP contribution in [0.3, 0.4) is 0 Å². The van der Waals surface area contributed by atoms with Gasteiger partial charge < -0.3 is 4.74 Å². The zero-order chi connectivity index (χ0) is 10.8. The van der Waals surface area contributed by atoms with E-state index in [-0.39, 0.29) is 16.3 Å². The number of hydrogen-bond donors (Lipinski definition) is 0. The van der Waals surface area contributed by atoms with Gasteiger partial charge in [-0.05, 0) is 18.2 Å². The molecule has 0 aliphatic carbocycles. The van der Waals surface area contributed by atoms with E-state index in [1.165, 1.54) is 6.07 Å². The van der Waals surface area contributed by atoms with Crippen LogP contribution in [0.15, 0.2) is 18.2 Å². The molecule has 74 valence electrons. The molecular weight excluding hydrogens is 217 g/mol. The number of benzene rings is 1. The van der Waals surface area contributed by atoms with Crippen LogP contribution in [-0.2, 0) is 0 Å². The topological polar surface area (TPSA) is 9.23 Å². The van der Waals surface area contributed by atoms with Gasteiger partial charge in [-0.15, -0.1) is 19.6 Å². The molecule has 14 heavy (non-hydrogen) atoms. The molecule has 1 aromatic carbocycles. The molecule has 0 fully saturated rings. The summed E-state index contributed by atoms with van der Waals surface area (Å²) < 4.78 is 39.0. The fourth-order valence-corrected chi connectivity index (χ4v) is 0.984. The minimum Gasteiger partial charge on any atom is -0.406 e. The largest absolute Gasteiger partial charge is 0.573 e. The van der Waals surface area contributed by atoms with Gasteiger partial charge in [0.1, 0.15) is 5.75 Å². The van der Waals surface area contributed by atoms with Crippen molar-refractivity contribution in [2.24, 2.45) is 0 Å². The predicted octanol–water partition coefficient (Wildman–Crippen LogP) is 3.22. The third kappa shape index (κ3) is 2.86. The van der Waals surface area contributed by atoms with E-state index in [0.717, 1.165) is 12.1 Å². The van der Waals surface area contributed by atoms with Crippen LogP contribution >= 0.6 is 11.6 Å². The lowest BCUT2D eigenvalue weighted by molar-refractivity contribution is -0.274. The van der Waals surface area contributed by atoms with Gasteiger partial charge in [0.25, 0.3) is 0 Å². The molecule has 0 spiro atoms. The Morgan fingerprint density at radius 3 is 2.50 bits per heavy atom. The van der Waals surface area contributed by atoms with E-state index < -0.39 is 6.36 Å². The number of halogens is 4. The van der Waals surface area contributed by atoms with Crippen LogP contribution in [0.2, 0.25) is 5.02 Å². The zero-order valence-electron chi connectivity index (χ0n) is 6.73. The third-order valence-electron chi connectivity index (χ3n) is 1.33. The summed E-state index contributed by atoms with van der Waals surface area (Å²) in [5.74, 6) is 1.76. The van der Waals surface area contributed by atoms with Crippen LogP contribution in [0.5, 0.6) is 5.75 Å². The number of rotatable bonds is 1. The van der Waals surface area contributed by atoms with Gasteiger partial charge in [-0.25, -0.2) is 0 Å². The molecule has 1 nitrogen and oxygen atoms in total. The Hall–Kier alpha value is -1.34. The molecule has 0 N–H and O–H groups in total. The molecule has 0 aliphatic heterocycles. The standard InChI is InChI=1S/C9H4ClF3O/c1-2-6-5-7(3-4-8(6)10)14-9(11,12)13/h1,3-5H. The Morgan fingerprint density at radius 1 is 1.36 bits per heavy atom. The first kappa shape index (κ1) is 10.7. The molecule has 1 rings (SSSR count). The molecule has 1 aromatic rings. The maximum atomic E-state index is 11.8. The smallest absolute Gasteiger partial charge is 0.406 e. The third-order valence-corrected chi connectivity index (χ3v) is 1.66. The molecular formula is C9H4ClF3O. The van der Waals surface area contributed by atoms with Crippen LogP contribution in [0.4, 0.5) is 13.2 Å². The highest BCUT2D eigenvalue weighted by molar-refractivity contribution is 6.31. The Morgan fingerprint density at radius 2 is 2.00 bits per heavy atom. The molecule has 0 heterocycles. The summed E-state index contributed by atoms with van der Waals surface area (Å²) >= 11 is 5.59. The van der Waals surface area contributed by atoms with E-state index in [9.17, 15) is 13.2 Å². The fraction of sp³-hybridized carbons (Fsp3) is 0.111. The maximum Gasteiger partial charge on any atom is 0.573 e. The summed E-state index contributed by atoms with van der Waals surface area (Å²) in [5.41, 5.74) is 0.161. The van der Waals surface area contributed by atoms with Gasteiger partial charge in [-0.1, -0.05) is 17.5 Å². The van der Waals surface area contributed by atoms with E-state index in [0.29, 0.717) is 0 Å². The zero-order valence-corrected chi connectivity index (χ0v) is 7.49. The summed E-state index contributed by atoms with van der Waals surface area (Å²) in [7, 11) is 0. The number of hydrogen-bond acceptors (Lipinski definition) is 1. The molecule has 0 aliphatic rings. The minimum atomic E-state index is -4.72. The first-order valence-corrected chi connectivity index (χ1v) is 3.82. The van der Waals surface area contributed by atoms with Crippen molar-refractivity contribution in [3.63, 3.8) is 0 Å². The van der Waals surface area contributed by atoms with Gasteiger partial charge in [0, 0.05) is 5.56 Å². The molecule has 0 radical (unpaired) electrons. The Bertz CT molecular complexity index is 379. The average molecular weight is 221 g/mol. The van der Waals surface area contributed by atoms with Crippen molar-refractivity contribution in [2.45, 2.75) is 6.36 Å². The lowest BCUT2D eigenvalue weighted by Gasteiger charge is -2.09. The number of alkyl halides is 3. The Labute approximate surface area is 83.4 Å². The molecule has 0 amide bonds. The van der Waals surface area contributed by atoms with Gasteiger partial charge in [0.05, 0.1) is 5.02 Å². The van der Waals surface area contributed by atoms with Crippen molar-refractivity contribution >= 4 is 11.6 Å². The van der Waals surface area contributed by atoms with Gasteiger partial charge in [0.15, 0.2) is 0 Å². The lowest BCUT2D eigenvalue weighted by atomic mass is 10.2. The normalized spacial score (nSPS) is 10.8. The van der Waals surface area contributed by atoms with Crippen molar-refractivity contribution in [2.75, 3.05) is 0 Å². The van der Waals surface area contributed by atoms with E-state index in [1.54, 1.807) is 0 Å². The Balaban J connectivity index is 2.97. The van der Waals surface area contributed by atoms with E-state index in [2.05, 4.69) is 10.7 Å². The molecule has 5 heteroatoms. The monoisotopic (exact) mass is 220 g/mol. The molecule has 0 saturated carbocycles. The van der Waals surface area contributed by atoms with E-state index >= 15 is 0 Å². The van der Waals surface area contributed by atoms with Crippen molar-refractivity contribution in [1.82, 2.24) is 0 Å². The highest BCUT2D eigenvalue weighted by Crippen LogP contribution is 2.26.